The second-order valence-corrected chi connectivity index (χ2v) is 8.57. The molecule has 0 aliphatic heterocycles. The van der Waals surface area contributed by atoms with Gasteiger partial charge in [0.25, 0.3) is 5.91 Å². The van der Waals surface area contributed by atoms with Crippen LogP contribution in [0, 0.1) is 5.82 Å². The van der Waals surface area contributed by atoms with E-state index in [4.69, 9.17) is 10.5 Å². The Morgan fingerprint density at radius 3 is 2.46 bits per heavy atom. The number of ether oxygens (including phenoxy) is 1. The third kappa shape index (κ3) is 5.67. The highest BCUT2D eigenvalue weighted by atomic mass is 19.4. The highest BCUT2D eigenvalue weighted by Crippen LogP contribution is 2.42. The van der Waals surface area contributed by atoms with E-state index in [1.165, 1.54) is 22.7 Å². The maximum absolute atomic E-state index is 14.4. The molecule has 1 atom stereocenters. The monoisotopic (exact) mass is 545 g/mol. The fourth-order valence-electron chi connectivity index (χ4n) is 3.91. The van der Waals surface area contributed by atoms with Gasteiger partial charge in [0.2, 0.25) is 11.5 Å². The quantitative estimate of drug-likeness (QED) is 0.277. The van der Waals surface area contributed by atoms with Crippen LogP contribution >= 0.6 is 0 Å². The summed E-state index contributed by atoms with van der Waals surface area (Å²) in [4.78, 5) is 28.5. The first kappa shape index (κ1) is 27.5. The lowest BCUT2D eigenvalue weighted by molar-refractivity contribution is -0.265. The van der Waals surface area contributed by atoms with Gasteiger partial charge in [0.05, 0.1) is 30.8 Å². The molecular formula is C26H23F4N5O4. The highest BCUT2D eigenvalue weighted by molar-refractivity contribution is 5.93. The number of hydrogen-bond donors (Lipinski definition) is 3. The SMILES string of the molecule is CCOc1c(CC(N)=O)cc([C@@](O)(CNC(=O)c2cc3ccccn3n2)C(F)(F)F)nc1-c1ccc(F)cc1. The van der Waals surface area contributed by atoms with E-state index in [2.05, 4.69) is 15.4 Å². The lowest BCUT2D eigenvalue weighted by Crippen LogP contribution is -2.51. The molecule has 3 heterocycles. The molecule has 4 N–H and O–H groups in total. The molecule has 0 bridgehead atoms. The van der Waals surface area contributed by atoms with Gasteiger partial charge >= 0.3 is 6.18 Å². The van der Waals surface area contributed by atoms with Gasteiger partial charge in [-0.1, -0.05) is 6.07 Å². The molecule has 0 spiro atoms. The predicted octanol–water partition coefficient (Wildman–Crippen LogP) is 3.14. The number of amides is 2. The maximum Gasteiger partial charge on any atom is 0.424 e. The van der Waals surface area contributed by atoms with Gasteiger partial charge in [-0.05, 0) is 55.5 Å². The van der Waals surface area contributed by atoms with Gasteiger partial charge in [-0.15, -0.1) is 0 Å². The second-order valence-electron chi connectivity index (χ2n) is 8.57. The van der Waals surface area contributed by atoms with Crippen molar-refractivity contribution in [1.29, 1.82) is 0 Å². The summed E-state index contributed by atoms with van der Waals surface area (Å²) in [5.74, 6) is -2.51. The Hall–Kier alpha value is -4.52. The lowest BCUT2D eigenvalue weighted by atomic mass is 9.93. The predicted molar refractivity (Wildman–Crippen MR) is 131 cm³/mol. The summed E-state index contributed by atoms with van der Waals surface area (Å²) in [6.45, 7) is 0.333. The molecule has 1 aromatic carbocycles. The second kappa shape index (κ2) is 10.7. The standard InChI is InChI=1S/C26H23F4N5O4/c1-2-39-23-16(12-21(31)36)11-20(33-22(23)15-6-8-17(27)9-7-15)25(38,26(28,29)30)14-32-24(37)19-13-18-5-3-4-10-35(18)34-19/h3-11,13,38H,2,12,14H2,1H3,(H2,31,36)(H,32,37)/t25-/m0/s1. The van der Waals surface area contributed by atoms with Crippen LogP contribution in [0.15, 0.2) is 60.8 Å². The number of halogens is 4. The number of pyridine rings is 2. The van der Waals surface area contributed by atoms with E-state index in [9.17, 15) is 32.3 Å². The lowest BCUT2D eigenvalue weighted by Gasteiger charge is -2.31. The zero-order chi connectivity index (χ0) is 28.4. The number of nitrogens with two attached hydrogens (primary N) is 1. The van der Waals surface area contributed by atoms with E-state index in [1.54, 1.807) is 31.3 Å². The molecule has 9 nitrogen and oxygen atoms in total. The van der Waals surface area contributed by atoms with Crippen LogP contribution in [0.1, 0.15) is 28.7 Å². The van der Waals surface area contributed by atoms with E-state index in [1.807, 2.05) is 0 Å². The van der Waals surface area contributed by atoms with Gasteiger partial charge in [0.1, 0.15) is 17.3 Å². The minimum absolute atomic E-state index is 0.0510. The summed E-state index contributed by atoms with van der Waals surface area (Å²) >= 11 is 0. The summed E-state index contributed by atoms with van der Waals surface area (Å²) in [6.07, 6.45) is -4.32. The fraction of sp³-hybridized carbons (Fsp3) is 0.231. The van der Waals surface area contributed by atoms with Crippen LogP contribution in [-0.2, 0) is 16.8 Å². The molecule has 0 aliphatic carbocycles. The van der Waals surface area contributed by atoms with E-state index < -0.39 is 48.1 Å². The summed E-state index contributed by atoms with van der Waals surface area (Å²) in [6, 6.07) is 11.9. The minimum atomic E-state index is -5.33. The zero-order valence-corrected chi connectivity index (χ0v) is 20.5. The molecule has 2 amide bonds. The Labute approximate surface area is 219 Å². The molecular weight excluding hydrogens is 522 g/mol. The van der Waals surface area contributed by atoms with Crippen molar-refractivity contribution in [2.24, 2.45) is 5.73 Å². The maximum atomic E-state index is 14.4. The van der Waals surface area contributed by atoms with Crippen molar-refractivity contribution in [2.75, 3.05) is 13.2 Å². The van der Waals surface area contributed by atoms with Crippen LogP contribution in [-0.4, -0.2) is 50.8 Å². The Balaban J connectivity index is 1.79. The summed E-state index contributed by atoms with van der Waals surface area (Å²) in [7, 11) is 0. The highest BCUT2D eigenvalue weighted by Gasteiger charge is 2.56. The number of alkyl halides is 3. The van der Waals surface area contributed by atoms with E-state index >= 15 is 0 Å². The number of fused-ring (bicyclic) bond motifs is 1. The zero-order valence-electron chi connectivity index (χ0n) is 20.5. The van der Waals surface area contributed by atoms with Crippen LogP contribution < -0.4 is 15.8 Å². The molecule has 0 radical (unpaired) electrons. The van der Waals surface area contributed by atoms with Gasteiger partial charge in [0, 0.05) is 17.3 Å². The average molecular weight is 545 g/mol. The molecule has 4 rings (SSSR count). The smallest absolute Gasteiger partial charge is 0.424 e. The topological polar surface area (TPSA) is 132 Å². The number of nitrogens with one attached hydrogen (secondary N) is 1. The first-order valence-corrected chi connectivity index (χ1v) is 11.7. The Bertz CT molecular complexity index is 1490. The summed E-state index contributed by atoms with van der Waals surface area (Å²) in [5.41, 5.74) is 0.948. The summed E-state index contributed by atoms with van der Waals surface area (Å²) in [5, 5.41) is 17.1. The Morgan fingerprint density at radius 2 is 1.85 bits per heavy atom. The molecule has 4 aromatic rings. The van der Waals surface area contributed by atoms with E-state index in [0.717, 1.165) is 18.2 Å². The third-order valence-electron chi connectivity index (χ3n) is 5.82. The number of nitrogens with zero attached hydrogens (tertiary/aromatic N) is 3. The van der Waals surface area contributed by atoms with Crippen LogP contribution in [0.2, 0.25) is 0 Å². The van der Waals surface area contributed by atoms with Crippen LogP contribution in [0.4, 0.5) is 17.6 Å². The molecule has 0 saturated carbocycles. The van der Waals surface area contributed by atoms with Gasteiger partial charge in [-0.3, -0.25) is 9.59 Å². The Morgan fingerprint density at radius 1 is 1.13 bits per heavy atom. The molecule has 39 heavy (non-hydrogen) atoms. The van der Waals surface area contributed by atoms with Gasteiger partial charge in [-0.2, -0.15) is 18.3 Å². The van der Waals surface area contributed by atoms with Crippen LogP contribution in [0.25, 0.3) is 16.8 Å². The molecule has 204 valence electrons. The van der Waals surface area contributed by atoms with Crippen molar-refractivity contribution in [2.45, 2.75) is 25.1 Å². The van der Waals surface area contributed by atoms with Crippen molar-refractivity contribution in [3.8, 4) is 17.0 Å². The number of rotatable bonds is 9. The first-order chi connectivity index (χ1) is 18.4. The van der Waals surface area contributed by atoms with Gasteiger partial charge in [0.15, 0.2) is 5.69 Å². The van der Waals surface area contributed by atoms with Crippen molar-refractivity contribution in [1.82, 2.24) is 19.9 Å². The number of hydrogen-bond acceptors (Lipinski definition) is 6. The Kier molecular flexibility index (Phi) is 7.54. The van der Waals surface area contributed by atoms with Crippen molar-refractivity contribution < 1.29 is 37.0 Å². The van der Waals surface area contributed by atoms with Gasteiger partial charge < -0.3 is 20.9 Å². The molecule has 0 saturated heterocycles. The number of primary amides is 1. The number of aromatic nitrogens is 3. The average Bonchev–Trinajstić information content (AvgIpc) is 3.32. The normalized spacial score (nSPS) is 13.2. The first-order valence-electron chi connectivity index (χ1n) is 11.7. The summed E-state index contributed by atoms with van der Waals surface area (Å²) < 4.78 is 63.7. The fourth-order valence-corrected chi connectivity index (χ4v) is 3.91. The van der Waals surface area contributed by atoms with Crippen molar-refractivity contribution in [3.63, 3.8) is 0 Å². The van der Waals surface area contributed by atoms with E-state index in [0.29, 0.717) is 5.52 Å². The molecule has 0 aliphatic rings. The third-order valence-corrected chi connectivity index (χ3v) is 5.82. The van der Waals surface area contributed by atoms with Crippen molar-refractivity contribution in [3.05, 3.63) is 83.6 Å². The van der Waals surface area contributed by atoms with E-state index in [-0.39, 0.29) is 34.9 Å². The van der Waals surface area contributed by atoms with Crippen molar-refractivity contribution >= 4 is 17.3 Å². The molecule has 0 fully saturated rings. The number of carbonyl (C=O) groups excluding carboxylic acids is 2. The number of benzene rings is 1. The largest absolute Gasteiger partial charge is 0.491 e. The molecule has 3 aromatic heterocycles. The van der Waals surface area contributed by atoms with Gasteiger partial charge in [-0.25, -0.2) is 13.9 Å². The van der Waals surface area contributed by atoms with Crippen LogP contribution in [0.3, 0.4) is 0 Å². The number of aliphatic hydroxyl groups is 1. The molecule has 13 heteroatoms. The number of carbonyl (C=O) groups is 2. The minimum Gasteiger partial charge on any atom is -0.491 e. The van der Waals surface area contributed by atoms with Crippen LogP contribution in [0.5, 0.6) is 5.75 Å². The molecule has 0 unspecified atom stereocenters.